The summed E-state index contributed by atoms with van der Waals surface area (Å²) in [6, 6.07) is 7.66. The van der Waals surface area contributed by atoms with E-state index in [4.69, 9.17) is 4.74 Å². The quantitative estimate of drug-likeness (QED) is 0.819. The first-order chi connectivity index (χ1) is 12.2. The van der Waals surface area contributed by atoms with Crippen LogP contribution in [0.2, 0.25) is 0 Å². The van der Waals surface area contributed by atoms with Gasteiger partial charge in [-0.05, 0) is 18.9 Å². The summed E-state index contributed by atoms with van der Waals surface area (Å²) >= 11 is 0. The number of nitrogens with one attached hydrogen (secondary N) is 2. The molecular weight excluding hydrogens is 318 g/mol. The standard InChI is InChI=1S/C19H27N3O3/c1-25-17-9-5-2-6-14(17)13-22-11-10-20-19(24)16(22)12-18(23)21-15-7-3-4-8-15/h2,5-6,9,15-16H,3-4,7-8,10-13H2,1H3,(H,20,24)(H,21,23). The van der Waals surface area contributed by atoms with E-state index >= 15 is 0 Å². The zero-order chi connectivity index (χ0) is 17.6. The third-order valence-corrected chi connectivity index (χ3v) is 5.11. The predicted molar refractivity (Wildman–Crippen MR) is 95.2 cm³/mol. The normalized spacial score (nSPS) is 21.8. The fourth-order valence-electron chi connectivity index (χ4n) is 3.76. The Balaban J connectivity index is 1.66. The molecule has 3 rings (SSSR count). The molecule has 1 unspecified atom stereocenters. The number of ether oxygens (including phenoxy) is 1. The lowest BCUT2D eigenvalue weighted by atomic mass is 10.1. The average Bonchev–Trinajstić information content (AvgIpc) is 3.11. The summed E-state index contributed by atoms with van der Waals surface area (Å²) in [5.41, 5.74) is 1.03. The summed E-state index contributed by atoms with van der Waals surface area (Å²) < 4.78 is 5.41. The number of carbonyl (C=O) groups is 2. The van der Waals surface area contributed by atoms with Gasteiger partial charge in [0.25, 0.3) is 0 Å². The SMILES string of the molecule is COc1ccccc1CN1CCNC(=O)C1CC(=O)NC1CCCC1. The number of hydrogen-bond donors (Lipinski definition) is 2. The van der Waals surface area contributed by atoms with Crippen molar-refractivity contribution in [2.45, 2.75) is 50.7 Å². The van der Waals surface area contributed by atoms with Crippen molar-refractivity contribution in [2.24, 2.45) is 0 Å². The van der Waals surface area contributed by atoms with Crippen molar-refractivity contribution in [2.75, 3.05) is 20.2 Å². The van der Waals surface area contributed by atoms with Crippen molar-refractivity contribution in [3.05, 3.63) is 29.8 Å². The minimum absolute atomic E-state index is 0.0287. The van der Waals surface area contributed by atoms with Crippen molar-refractivity contribution in [3.63, 3.8) is 0 Å². The molecule has 2 aliphatic rings. The van der Waals surface area contributed by atoms with Crippen LogP contribution in [0.15, 0.2) is 24.3 Å². The van der Waals surface area contributed by atoms with Crippen LogP contribution in [0.5, 0.6) is 5.75 Å². The number of rotatable bonds is 6. The number of methoxy groups -OCH3 is 1. The van der Waals surface area contributed by atoms with Gasteiger partial charge >= 0.3 is 0 Å². The number of benzene rings is 1. The molecule has 1 saturated heterocycles. The topological polar surface area (TPSA) is 70.7 Å². The van der Waals surface area contributed by atoms with E-state index < -0.39 is 6.04 Å². The predicted octanol–water partition coefficient (Wildman–Crippen LogP) is 1.44. The van der Waals surface area contributed by atoms with Gasteiger partial charge in [0.15, 0.2) is 0 Å². The van der Waals surface area contributed by atoms with Crippen molar-refractivity contribution in [1.82, 2.24) is 15.5 Å². The molecule has 2 N–H and O–H groups in total. The largest absolute Gasteiger partial charge is 0.496 e. The highest BCUT2D eigenvalue weighted by Gasteiger charge is 2.32. The molecule has 0 aromatic heterocycles. The number of piperazine rings is 1. The minimum Gasteiger partial charge on any atom is -0.496 e. The van der Waals surface area contributed by atoms with Gasteiger partial charge in [0.1, 0.15) is 5.75 Å². The van der Waals surface area contributed by atoms with Gasteiger partial charge in [0.2, 0.25) is 11.8 Å². The molecule has 0 spiro atoms. The van der Waals surface area contributed by atoms with Crippen LogP contribution < -0.4 is 15.4 Å². The van der Waals surface area contributed by atoms with E-state index in [9.17, 15) is 9.59 Å². The van der Waals surface area contributed by atoms with Gasteiger partial charge < -0.3 is 15.4 Å². The lowest BCUT2D eigenvalue weighted by Gasteiger charge is -2.35. The Morgan fingerprint density at radius 1 is 1.32 bits per heavy atom. The molecule has 1 aromatic carbocycles. The highest BCUT2D eigenvalue weighted by atomic mass is 16.5. The van der Waals surface area contributed by atoms with E-state index in [1.54, 1.807) is 7.11 Å². The summed E-state index contributed by atoms with van der Waals surface area (Å²) in [5.74, 6) is 0.712. The molecule has 6 heteroatoms. The summed E-state index contributed by atoms with van der Waals surface area (Å²) in [5, 5.41) is 5.97. The molecule has 1 saturated carbocycles. The molecule has 2 fully saturated rings. The first kappa shape index (κ1) is 17.7. The summed E-state index contributed by atoms with van der Waals surface area (Å²) in [7, 11) is 1.65. The van der Waals surface area contributed by atoms with E-state index in [0.717, 1.165) is 30.7 Å². The summed E-state index contributed by atoms with van der Waals surface area (Å²) in [6.45, 7) is 1.93. The summed E-state index contributed by atoms with van der Waals surface area (Å²) in [4.78, 5) is 26.8. The lowest BCUT2D eigenvalue weighted by Crippen LogP contribution is -2.56. The van der Waals surface area contributed by atoms with Crippen LogP contribution in [0.25, 0.3) is 0 Å². The van der Waals surface area contributed by atoms with E-state index in [2.05, 4.69) is 15.5 Å². The first-order valence-corrected chi connectivity index (χ1v) is 9.10. The van der Waals surface area contributed by atoms with Crippen LogP contribution >= 0.6 is 0 Å². The van der Waals surface area contributed by atoms with Gasteiger partial charge in [-0.2, -0.15) is 0 Å². The molecule has 25 heavy (non-hydrogen) atoms. The number of carbonyl (C=O) groups excluding carboxylic acids is 2. The molecule has 6 nitrogen and oxygen atoms in total. The van der Waals surface area contributed by atoms with Gasteiger partial charge in [-0.1, -0.05) is 31.0 Å². The van der Waals surface area contributed by atoms with Crippen LogP contribution in [0.3, 0.4) is 0 Å². The maximum atomic E-state index is 12.4. The molecule has 1 aliphatic carbocycles. The van der Waals surface area contributed by atoms with Gasteiger partial charge in [0, 0.05) is 31.2 Å². The van der Waals surface area contributed by atoms with E-state index in [1.807, 2.05) is 24.3 Å². The molecule has 1 aliphatic heterocycles. The zero-order valence-corrected chi connectivity index (χ0v) is 14.8. The van der Waals surface area contributed by atoms with Gasteiger partial charge in [0.05, 0.1) is 19.6 Å². The highest BCUT2D eigenvalue weighted by Crippen LogP contribution is 2.22. The van der Waals surface area contributed by atoms with Crippen LogP contribution in [0.1, 0.15) is 37.7 Å². The molecule has 2 amide bonds. The fourth-order valence-corrected chi connectivity index (χ4v) is 3.76. The highest BCUT2D eigenvalue weighted by molar-refractivity contribution is 5.88. The maximum Gasteiger partial charge on any atom is 0.237 e. The Morgan fingerprint density at radius 3 is 2.84 bits per heavy atom. The summed E-state index contributed by atoms with van der Waals surface area (Å²) in [6.07, 6.45) is 4.65. The zero-order valence-electron chi connectivity index (χ0n) is 14.8. The Morgan fingerprint density at radius 2 is 2.08 bits per heavy atom. The molecule has 136 valence electrons. The van der Waals surface area contributed by atoms with Crippen LogP contribution in [-0.2, 0) is 16.1 Å². The van der Waals surface area contributed by atoms with Gasteiger partial charge in [-0.25, -0.2) is 0 Å². The third-order valence-electron chi connectivity index (χ3n) is 5.11. The van der Waals surface area contributed by atoms with Crippen molar-refractivity contribution >= 4 is 11.8 Å². The molecule has 0 radical (unpaired) electrons. The lowest BCUT2D eigenvalue weighted by molar-refractivity contribution is -0.134. The molecule has 0 bridgehead atoms. The minimum atomic E-state index is -0.430. The third kappa shape index (κ3) is 4.51. The monoisotopic (exact) mass is 345 g/mol. The van der Waals surface area contributed by atoms with Crippen LogP contribution in [0, 0.1) is 0 Å². The number of para-hydroxylation sites is 1. The van der Waals surface area contributed by atoms with Crippen molar-refractivity contribution < 1.29 is 14.3 Å². The van der Waals surface area contributed by atoms with Crippen molar-refractivity contribution in [3.8, 4) is 5.75 Å². The Kier molecular flexibility index (Phi) is 5.91. The second kappa shape index (κ2) is 8.34. The van der Waals surface area contributed by atoms with Crippen LogP contribution in [0.4, 0.5) is 0 Å². The second-order valence-corrected chi connectivity index (χ2v) is 6.84. The molecular formula is C19H27N3O3. The molecule has 1 atom stereocenters. The smallest absolute Gasteiger partial charge is 0.237 e. The number of hydrogen-bond acceptors (Lipinski definition) is 4. The number of nitrogens with zero attached hydrogens (tertiary/aromatic N) is 1. The van der Waals surface area contributed by atoms with Gasteiger partial charge in [-0.15, -0.1) is 0 Å². The Labute approximate surface area is 148 Å². The van der Waals surface area contributed by atoms with Crippen molar-refractivity contribution in [1.29, 1.82) is 0 Å². The van der Waals surface area contributed by atoms with Crippen LogP contribution in [-0.4, -0.2) is 49.0 Å². The second-order valence-electron chi connectivity index (χ2n) is 6.84. The first-order valence-electron chi connectivity index (χ1n) is 9.10. The van der Waals surface area contributed by atoms with Gasteiger partial charge in [-0.3, -0.25) is 14.5 Å². The van der Waals surface area contributed by atoms with E-state index in [-0.39, 0.29) is 24.3 Å². The molecule has 1 heterocycles. The number of amides is 2. The van der Waals surface area contributed by atoms with E-state index in [0.29, 0.717) is 13.1 Å². The molecule has 1 aromatic rings. The Bertz CT molecular complexity index is 614. The maximum absolute atomic E-state index is 12.4. The Hall–Kier alpha value is -2.08. The average molecular weight is 345 g/mol. The fraction of sp³-hybridized carbons (Fsp3) is 0.579. The van der Waals surface area contributed by atoms with E-state index in [1.165, 1.54) is 12.8 Å².